The predicted molar refractivity (Wildman–Crippen MR) is 83.8 cm³/mol. The summed E-state index contributed by atoms with van der Waals surface area (Å²) in [5.41, 5.74) is -3.17. The highest BCUT2D eigenvalue weighted by molar-refractivity contribution is 5.93. The minimum atomic E-state index is -5.06. The molecule has 1 heterocycles. The van der Waals surface area contributed by atoms with Gasteiger partial charge in [-0.05, 0) is 43.5 Å². The van der Waals surface area contributed by atoms with Crippen molar-refractivity contribution in [1.29, 1.82) is 0 Å². The number of rotatable bonds is 3. The third-order valence-electron chi connectivity index (χ3n) is 4.69. The Morgan fingerprint density at radius 1 is 1.27 bits per heavy atom. The molecule has 1 aromatic rings. The van der Waals surface area contributed by atoms with Crippen LogP contribution < -0.4 is 4.74 Å². The van der Waals surface area contributed by atoms with E-state index in [1.54, 1.807) is 0 Å². The van der Waals surface area contributed by atoms with Gasteiger partial charge in [0, 0.05) is 5.71 Å². The largest absolute Gasteiger partial charge is 0.484 e. The molecule has 1 aromatic carbocycles. The number of fused-ring (bicyclic) bond motifs is 1. The third-order valence-corrected chi connectivity index (χ3v) is 4.69. The van der Waals surface area contributed by atoms with E-state index in [4.69, 9.17) is 4.74 Å². The van der Waals surface area contributed by atoms with E-state index >= 15 is 0 Å². The van der Waals surface area contributed by atoms with Crippen molar-refractivity contribution in [1.82, 2.24) is 5.01 Å². The van der Waals surface area contributed by atoms with E-state index in [-0.39, 0.29) is 22.9 Å². The Balaban J connectivity index is 1.81. The van der Waals surface area contributed by atoms with Gasteiger partial charge in [-0.15, -0.1) is 0 Å². The Bertz CT molecular complexity index is 705. The first-order valence-electron chi connectivity index (χ1n) is 8.31. The summed E-state index contributed by atoms with van der Waals surface area (Å²) >= 11 is 0. The van der Waals surface area contributed by atoms with Gasteiger partial charge < -0.3 is 9.84 Å². The number of carbonyl (C=O) groups is 1. The van der Waals surface area contributed by atoms with Gasteiger partial charge in [0.15, 0.2) is 6.61 Å². The molecule has 0 saturated heterocycles. The number of hydrogen-bond donors (Lipinski definition) is 1. The molecule has 1 amide bonds. The van der Waals surface area contributed by atoms with E-state index < -0.39 is 36.2 Å². The third kappa shape index (κ3) is 3.27. The Morgan fingerprint density at radius 2 is 1.96 bits per heavy atom. The van der Waals surface area contributed by atoms with Crippen molar-refractivity contribution in [3.8, 4) is 5.75 Å². The van der Waals surface area contributed by atoms with Gasteiger partial charge >= 0.3 is 6.18 Å². The molecule has 0 radical (unpaired) electrons. The van der Waals surface area contributed by atoms with Gasteiger partial charge in [0.2, 0.25) is 0 Å². The van der Waals surface area contributed by atoms with Crippen molar-refractivity contribution in [2.45, 2.75) is 44.0 Å². The second-order valence-corrected chi connectivity index (χ2v) is 6.42. The molecule has 0 bridgehead atoms. The molecular weight excluding hydrogens is 356 g/mol. The van der Waals surface area contributed by atoms with Crippen LogP contribution >= 0.6 is 0 Å². The molecule has 0 spiro atoms. The number of ether oxygens (including phenoxy) is 1. The molecule has 5 nitrogen and oxygen atoms in total. The average molecular weight is 374 g/mol. The number of amides is 1. The highest BCUT2D eigenvalue weighted by atomic mass is 19.4. The highest BCUT2D eigenvalue weighted by Gasteiger charge is 2.68. The average Bonchev–Trinajstić information content (AvgIpc) is 2.74. The molecule has 1 fully saturated rings. The van der Waals surface area contributed by atoms with Crippen LogP contribution in [0, 0.1) is 11.7 Å². The second-order valence-electron chi connectivity index (χ2n) is 6.42. The molecule has 1 aliphatic carbocycles. The van der Waals surface area contributed by atoms with E-state index in [0.717, 1.165) is 18.6 Å². The van der Waals surface area contributed by atoms with Gasteiger partial charge in [-0.1, -0.05) is 12.8 Å². The Kier molecular flexibility index (Phi) is 4.92. The molecule has 26 heavy (non-hydrogen) atoms. The maximum Gasteiger partial charge on any atom is 0.439 e. The smallest absolute Gasteiger partial charge is 0.439 e. The van der Waals surface area contributed by atoms with Crippen molar-refractivity contribution in [3.05, 3.63) is 30.1 Å². The number of aliphatic hydroxyl groups is 1. The zero-order valence-corrected chi connectivity index (χ0v) is 13.8. The fraction of sp³-hybridized carbons (Fsp3) is 0.529. The predicted octanol–water partition coefficient (Wildman–Crippen LogP) is 3.23. The number of hydrazone groups is 1. The second kappa shape index (κ2) is 6.86. The van der Waals surface area contributed by atoms with Crippen LogP contribution in [-0.4, -0.2) is 40.2 Å². The maximum atomic E-state index is 13.7. The van der Waals surface area contributed by atoms with Gasteiger partial charge in [-0.3, -0.25) is 4.79 Å². The van der Waals surface area contributed by atoms with Gasteiger partial charge in [-0.2, -0.15) is 23.3 Å². The number of hydrogen-bond acceptors (Lipinski definition) is 4. The van der Waals surface area contributed by atoms with Crippen LogP contribution in [0.25, 0.3) is 0 Å². The standard InChI is InChI=1S/C17H18F4N2O3/c18-11-6-8-12(9-7-11)26-10-15(24)23-16(25,17(19,20)21)13-4-2-1-3-5-14(13)22-23/h6-9,13,25H,1-5,10H2/t13-,16-/m1/s1. The van der Waals surface area contributed by atoms with Crippen molar-refractivity contribution < 1.29 is 32.2 Å². The SMILES string of the molecule is O=C(COc1ccc(F)cc1)N1N=C2CCCCC[C@H]2[C@@]1(O)C(F)(F)F. The normalized spacial score (nSPS) is 26.1. The summed E-state index contributed by atoms with van der Waals surface area (Å²) in [6, 6.07) is 4.69. The lowest BCUT2D eigenvalue weighted by atomic mass is 9.87. The molecule has 142 valence electrons. The van der Waals surface area contributed by atoms with Crippen LogP contribution in [0.3, 0.4) is 0 Å². The van der Waals surface area contributed by atoms with E-state index in [9.17, 15) is 27.5 Å². The molecule has 1 aliphatic heterocycles. The van der Waals surface area contributed by atoms with Crippen molar-refractivity contribution in [2.24, 2.45) is 11.0 Å². The van der Waals surface area contributed by atoms with Gasteiger partial charge in [-0.25, -0.2) is 4.39 Å². The molecular formula is C17H18F4N2O3. The topological polar surface area (TPSA) is 62.1 Å². The van der Waals surface area contributed by atoms with Crippen molar-refractivity contribution in [3.63, 3.8) is 0 Å². The monoisotopic (exact) mass is 374 g/mol. The minimum absolute atomic E-state index is 0.109. The van der Waals surface area contributed by atoms with Crippen LogP contribution in [-0.2, 0) is 4.79 Å². The van der Waals surface area contributed by atoms with E-state index in [1.807, 2.05) is 0 Å². The Hall–Kier alpha value is -2.16. The summed E-state index contributed by atoms with van der Waals surface area (Å²) in [5, 5.41) is 14.4. The fourth-order valence-electron chi connectivity index (χ4n) is 3.38. The van der Waals surface area contributed by atoms with Gasteiger partial charge in [0.1, 0.15) is 11.6 Å². The lowest BCUT2D eigenvalue weighted by Crippen LogP contribution is -2.61. The number of alkyl halides is 3. The summed E-state index contributed by atoms with van der Waals surface area (Å²) in [5.74, 6) is -2.77. The molecule has 3 rings (SSSR count). The quantitative estimate of drug-likeness (QED) is 0.827. The number of benzene rings is 1. The molecule has 1 N–H and O–H groups in total. The lowest BCUT2D eigenvalue weighted by molar-refractivity contribution is -0.317. The first-order valence-corrected chi connectivity index (χ1v) is 8.31. The number of nitrogens with zero attached hydrogens (tertiary/aromatic N) is 2. The molecule has 9 heteroatoms. The highest BCUT2D eigenvalue weighted by Crippen LogP contribution is 2.47. The summed E-state index contributed by atoms with van der Waals surface area (Å²) < 4.78 is 59.0. The summed E-state index contributed by atoms with van der Waals surface area (Å²) in [6.07, 6.45) is -2.69. The number of halogens is 4. The molecule has 2 aliphatic rings. The summed E-state index contributed by atoms with van der Waals surface area (Å²) in [4.78, 5) is 12.3. The fourth-order valence-corrected chi connectivity index (χ4v) is 3.38. The van der Waals surface area contributed by atoms with E-state index in [2.05, 4.69) is 5.10 Å². The summed E-state index contributed by atoms with van der Waals surface area (Å²) in [7, 11) is 0. The van der Waals surface area contributed by atoms with Crippen LogP contribution in [0.1, 0.15) is 32.1 Å². The van der Waals surface area contributed by atoms with Crippen molar-refractivity contribution in [2.75, 3.05) is 6.61 Å². The van der Waals surface area contributed by atoms with Crippen molar-refractivity contribution >= 4 is 11.6 Å². The van der Waals surface area contributed by atoms with E-state index in [1.165, 1.54) is 12.1 Å². The van der Waals surface area contributed by atoms with Crippen LogP contribution in [0.4, 0.5) is 17.6 Å². The van der Waals surface area contributed by atoms with E-state index in [0.29, 0.717) is 19.3 Å². The Labute approximate surface area is 147 Å². The molecule has 0 unspecified atom stereocenters. The zero-order valence-electron chi connectivity index (χ0n) is 13.8. The minimum Gasteiger partial charge on any atom is -0.484 e. The summed E-state index contributed by atoms with van der Waals surface area (Å²) in [6.45, 7) is -0.756. The lowest BCUT2D eigenvalue weighted by Gasteiger charge is -2.37. The van der Waals surface area contributed by atoms with Gasteiger partial charge in [0.05, 0.1) is 5.92 Å². The van der Waals surface area contributed by atoms with Crippen LogP contribution in [0.15, 0.2) is 29.4 Å². The molecule has 0 aromatic heterocycles. The van der Waals surface area contributed by atoms with Gasteiger partial charge in [0.25, 0.3) is 11.6 Å². The molecule has 2 atom stereocenters. The zero-order chi connectivity index (χ0) is 18.9. The first-order chi connectivity index (χ1) is 12.2. The van der Waals surface area contributed by atoms with Crippen LogP contribution in [0.5, 0.6) is 5.75 Å². The Morgan fingerprint density at radius 3 is 2.62 bits per heavy atom. The number of carbonyl (C=O) groups excluding carboxylic acids is 1. The maximum absolute atomic E-state index is 13.7. The first kappa shape index (κ1) is 18.6. The molecule has 1 saturated carbocycles. The van der Waals surface area contributed by atoms with Crippen LogP contribution in [0.2, 0.25) is 0 Å².